The molecule has 21 heavy (non-hydrogen) atoms. The molecule has 0 bridgehead atoms. The van der Waals surface area contributed by atoms with E-state index in [2.05, 4.69) is 15.3 Å². The first-order valence-corrected chi connectivity index (χ1v) is 7.49. The lowest BCUT2D eigenvalue weighted by molar-refractivity contribution is 0.330. The number of aromatic nitrogens is 2. The lowest BCUT2D eigenvalue weighted by Crippen LogP contribution is -2.14. The van der Waals surface area contributed by atoms with Crippen LogP contribution < -0.4 is 10.1 Å². The molecule has 0 saturated heterocycles. The van der Waals surface area contributed by atoms with Gasteiger partial charge >= 0.3 is 0 Å². The summed E-state index contributed by atoms with van der Waals surface area (Å²) in [6, 6.07) is 5.57. The van der Waals surface area contributed by atoms with Crippen LogP contribution in [0.25, 0.3) is 0 Å². The van der Waals surface area contributed by atoms with Crippen molar-refractivity contribution in [3.63, 3.8) is 0 Å². The highest BCUT2D eigenvalue weighted by Gasteiger charge is 2.07. The monoisotopic (exact) mass is 325 g/mol. The van der Waals surface area contributed by atoms with E-state index in [0.29, 0.717) is 23.3 Å². The summed E-state index contributed by atoms with van der Waals surface area (Å²) in [5.74, 6) is 1.59. The molecular weight excluding hydrogens is 309 g/mol. The zero-order valence-corrected chi connectivity index (χ0v) is 13.5. The third kappa shape index (κ3) is 4.22. The van der Waals surface area contributed by atoms with Crippen molar-refractivity contribution in [3.8, 4) is 5.75 Å². The van der Waals surface area contributed by atoms with E-state index in [1.165, 1.54) is 6.33 Å². The molecule has 4 nitrogen and oxygen atoms in total. The van der Waals surface area contributed by atoms with Crippen molar-refractivity contribution in [3.05, 3.63) is 45.8 Å². The van der Waals surface area contributed by atoms with Crippen molar-refractivity contribution in [2.45, 2.75) is 20.3 Å². The van der Waals surface area contributed by atoms with Crippen LogP contribution in [0.2, 0.25) is 10.2 Å². The van der Waals surface area contributed by atoms with Crippen molar-refractivity contribution in [2.24, 2.45) is 0 Å². The predicted octanol–water partition coefficient (Wildman–Crippen LogP) is 4.15. The molecule has 0 radical (unpaired) electrons. The van der Waals surface area contributed by atoms with Crippen LogP contribution in [-0.2, 0) is 6.42 Å². The largest absolute Gasteiger partial charge is 0.491 e. The van der Waals surface area contributed by atoms with Gasteiger partial charge in [0.2, 0.25) is 0 Å². The van der Waals surface area contributed by atoms with E-state index >= 15 is 0 Å². The maximum absolute atomic E-state index is 6.04. The van der Waals surface area contributed by atoms with Crippen molar-refractivity contribution >= 4 is 29.0 Å². The molecule has 6 heteroatoms. The Morgan fingerprint density at radius 1 is 1.24 bits per heavy atom. The molecule has 1 heterocycles. The molecule has 1 N–H and O–H groups in total. The third-order valence-electron chi connectivity index (χ3n) is 3.04. The fourth-order valence-corrected chi connectivity index (χ4v) is 2.46. The number of rotatable bonds is 6. The van der Waals surface area contributed by atoms with Crippen LogP contribution in [0.5, 0.6) is 5.75 Å². The molecule has 2 aromatic rings. The van der Waals surface area contributed by atoms with E-state index in [9.17, 15) is 0 Å². The number of halogens is 2. The van der Waals surface area contributed by atoms with E-state index in [0.717, 1.165) is 29.1 Å². The summed E-state index contributed by atoms with van der Waals surface area (Å²) in [6.07, 6.45) is 2.23. The normalized spacial score (nSPS) is 10.5. The summed E-state index contributed by atoms with van der Waals surface area (Å²) in [6.45, 7) is 5.13. The first-order chi connectivity index (χ1) is 10.1. The summed E-state index contributed by atoms with van der Waals surface area (Å²) >= 11 is 12.0. The molecule has 1 aromatic heterocycles. The smallest absolute Gasteiger partial charge is 0.137 e. The molecule has 1 aromatic carbocycles. The molecule has 0 aliphatic rings. The Morgan fingerprint density at radius 3 is 2.76 bits per heavy atom. The van der Waals surface area contributed by atoms with Gasteiger partial charge in [0, 0.05) is 10.6 Å². The van der Waals surface area contributed by atoms with Crippen LogP contribution in [0, 0.1) is 6.92 Å². The standard InChI is InChI=1S/C15H17Cl2N3O/c1-3-12-14(17)19-9-20-15(12)18-6-7-21-13-5-4-11(16)8-10(13)2/h4-5,8-9H,3,6-7H2,1-2H3,(H,18,19,20). The fraction of sp³-hybridized carbons (Fsp3) is 0.333. The summed E-state index contributed by atoms with van der Waals surface area (Å²) in [7, 11) is 0. The SMILES string of the molecule is CCc1c(Cl)ncnc1NCCOc1ccc(Cl)cc1C. The molecule has 0 fully saturated rings. The molecule has 0 saturated carbocycles. The Balaban J connectivity index is 1.89. The maximum atomic E-state index is 6.04. The highest BCUT2D eigenvalue weighted by molar-refractivity contribution is 6.30. The Bertz CT molecular complexity index is 620. The van der Waals surface area contributed by atoms with Crippen LogP contribution in [0.1, 0.15) is 18.1 Å². The lowest BCUT2D eigenvalue weighted by atomic mass is 10.2. The second-order valence-corrected chi connectivity index (χ2v) is 5.32. The quantitative estimate of drug-likeness (QED) is 0.640. The van der Waals surface area contributed by atoms with E-state index < -0.39 is 0 Å². The number of aryl methyl sites for hydroxylation is 1. The second kappa shape index (κ2) is 7.48. The fourth-order valence-electron chi connectivity index (χ4n) is 1.96. The van der Waals surface area contributed by atoms with Crippen molar-refractivity contribution in [1.82, 2.24) is 9.97 Å². The molecule has 0 unspecified atom stereocenters. The third-order valence-corrected chi connectivity index (χ3v) is 3.60. The number of hydrogen-bond acceptors (Lipinski definition) is 4. The highest BCUT2D eigenvalue weighted by Crippen LogP contribution is 2.22. The van der Waals surface area contributed by atoms with Gasteiger partial charge in [-0.15, -0.1) is 0 Å². The number of nitrogens with one attached hydrogen (secondary N) is 1. The van der Waals surface area contributed by atoms with Crippen molar-refractivity contribution < 1.29 is 4.74 Å². The van der Waals surface area contributed by atoms with Gasteiger partial charge in [-0.25, -0.2) is 9.97 Å². The average Bonchev–Trinajstić information content (AvgIpc) is 2.45. The van der Waals surface area contributed by atoms with E-state index in [1.54, 1.807) is 0 Å². The lowest BCUT2D eigenvalue weighted by Gasteiger charge is -2.12. The number of benzene rings is 1. The van der Waals surface area contributed by atoms with Gasteiger partial charge in [0.15, 0.2) is 0 Å². The van der Waals surface area contributed by atoms with E-state index in [4.69, 9.17) is 27.9 Å². The molecule has 0 atom stereocenters. The van der Waals surface area contributed by atoms with Gasteiger partial charge in [-0.2, -0.15) is 0 Å². The maximum Gasteiger partial charge on any atom is 0.137 e. The van der Waals surface area contributed by atoms with Gasteiger partial charge in [0.05, 0.1) is 6.54 Å². The Kier molecular flexibility index (Phi) is 5.65. The van der Waals surface area contributed by atoms with Gasteiger partial charge in [0.1, 0.15) is 29.7 Å². The Hall–Kier alpha value is -1.52. The van der Waals surface area contributed by atoms with Crippen molar-refractivity contribution in [2.75, 3.05) is 18.5 Å². The molecule has 0 amide bonds. The first kappa shape index (κ1) is 15.9. The Labute approximate surface area is 134 Å². The first-order valence-electron chi connectivity index (χ1n) is 6.74. The van der Waals surface area contributed by atoms with Gasteiger partial charge < -0.3 is 10.1 Å². The minimum atomic E-state index is 0.490. The highest BCUT2D eigenvalue weighted by atomic mass is 35.5. The summed E-state index contributed by atoms with van der Waals surface area (Å²) in [4.78, 5) is 8.18. The Morgan fingerprint density at radius 2 is 2.05 bits per heavy atom. The van der Waals surface area contributed by atoms with Crippen molar-refractivity contribution in [1.29, 1.82) is 0 Å². The average molecular weight is 326 g/mol. The van der Waals surface area contributed by atoms with Crippen LogP contribution >= 0.6 is 23.2 Å². The summed E-state index contributed by atoms with van der Waals surface area (Å²) < 4.78 is 5.72. The number of anilines is 1. The number of nitrogens with zero attached hydrogens (tertiary/aromatic N) is 2. The van der Waals surface area contributed by atoms with Gasteiger partial charge in [-0.1, -0.05) is 30.1 Å². The molecule has 0 spiro atoms. The van der Waals surface area contributed by atoms with E-state index in [1.807, 2.05) is 32.0 Å². The minimum absolute atomic E-state index is 0.490. The van der Waals surface area contributed by atoms with Gasteiger partial charge in [0.25, 0.3) is 0 Å². The molecule has 112 valence electrons. The van der Waals surface area contributed by atoms with Gasteiger partial charge in [-0.05, 0) is 37.1 Å². The number of ether oxygens (including phenoxy) is 1. The summed E-state index contributed by atoms with van der Waals surface area (Å²) in [5.41, 5.74) is 1.93. The molecular formula is C15H17Cl2N3O. The minimum Gasteiger partial charge on any atom is -0.491 e. The van der Waals surface area contributed by atoms with E-state index in [-0.39, 0.29) is 0 Å². The molecule has 0 aliphatic carbocycles. The summed E-state index contributed by atoms with van der Waals surface area (Å²) in [5, 5.41) is 4.42. The topological polar surface area (TPSA) is 47.0 Å². The van der Waals surface area contributed by atoms with Crippen LogP contribution in [0.15, 0.2) is 24.5 Å². The number of hydrogen-bond donors (Lipinski definition) is 1. The molecule has 2 rings (SSSR count). The molecule has 0 aliphatic heterocycles. The predicted molar refractivity (Wildman–Crippen MR) is 86.6 cm³/mol. The van der Waals surface area contributed by atoms with Gasteiger partial charge in [-0.3, -0.25) is 0 Å². The van der Waals surface area contributed by atoms with Crippen LogP contribution in [-0.4, -0.2) is 23.1 Å². The zero-order valence-electron chi connectivity index (χ0n) is 12.0. The second-order valence-electron chi connectivity index (χ2n) is 4.53. The van der Waals surface area contributed by atoms with Crippen LogP contribution in [0.4, 0.5) is 5.82 Å². The zero-order chi connectivity index (χ0) is 15.2. The van der Waals surface area contributed by atoms with Crippen LogP contribution in [0.3, 0.4) is 0 Å².